The number of aromatic nitrogens is 2. The number of hydrogen-bond donors (Lipinski definition) is 0. The van der Waals surface area contributed by atoms with E-state index in [2.05, 4.69) is 4.98 Å². The number of ether oxygens (including phenoxy) is 2. The van der Waals surface area contributed by atoms with Crippen molar-refractivity contribution in [2.75, 3.05) is 6.61 Å². The highest BCUT2D eigenvalue weighted by Crippen LogP contribution is 2.26. The fourth-order valence-corrected chi connectivity index (χ4v) is 2.73. The van der Waals surface area contributed by atoms with Crippen LogP contribution in [0.1, 0.15) is 6.92 Å². The summed E-state index contributed by atoms with van der Waals surface area (Å²) in [5.41, 5.74) is -0.0829. The average Bonchev–Trinajstić information content (AvgIpc) is 2.58. The van der Waals surface area contributed by atoms with E-state index in [9.17, 15) is 14.0 Å². The van der Waals surface area contributed by atoms with Crippen molar-refractivity contribution in [3.8, 4) is 11.4 Å². The molecule has 3 aromatic rings. The van der Waals surface area contributed by atoms with Crippen molar-refractivity contribution in [2.45, 2.75) is 6.92 Å². The minimum atomic E-state index is -1.03. The van der Waals surface area contributed by atoms with Crippen molar-refractivity contribution in [3.63, 3.8) is 0 Å². The van der Waals surface area contributed by atoms with Gasteiger partial charge in [-0.2, -0.15) is 0 Å². The van der Waals surface area contributed by atoms with Crippen molar-refractivity contribution in [2.24, 2.45) is 0 Å². The maximum Gasteiger partial charge on any atom is 0.514 e. The molecule has 0 N–H and O–H groups in total. The lowest BCUT2D eigenvalue weighted by Gasteiger charge is -2.14. The minimum absolute atomic E-state index is 0.0683. The number of halogens is 3. The molecule has 3 rings (SSSR count). The van der Waals surface area contributed by atoms with Crippen LogP contribution in [0.15, 0.2) is 41.3 Å². The second-order valence-corrected chi connectivity index (χ2v) is 5.87. The van der Waals surface area contributed by atoms with Gasteiger partial charge in [-0.3, -0.25) is 9.36 Å². The van der Waals surface area contributed by atoms with Crippen molar-refractivity contribution in [1.29, 1.82) is 0 Å². The number of fused-ring (bicyclic) bond motifs is 1. The first kappa shape index (κ1) is 18.2. The lowest BCUT2D eigenvalue weighted by atomic mass is 10.2. The summed E-state index contributed by atoms with van der Waals surface area (Å²) in [7, 11) is 0. The second-order valence-electron chi connectivity index (χ2n) is 5.08. The van der Waals surface area contributed by atoms with Gasteiger partial charge in [-0.15, -0.1) is 0 Å². The highest BCUT2D eigenvalue weighted by atomic mass is 35.5. The number of benzene rings is 1. The molecule has 2 aromatic heterocycles. The second kappa shape index (κ2) is 7.31. The Labute approximate surface area is 156 Å². The fraction of sp³-hybridized carbons (Fsp3) is 0.118. The van der Waals surface area contributed by atoms with Gasteiger partial charge in [0.25, 0.3) is 0 Å². The van der Waals surface area contributed by atoms with Crippen LogP contribution in [-0.2, 0) is 4.74 Å². The zero-order chi connectivity index (χ0) is 18.8. The van der Waals surface area contributed by atoms with E-state index in [-0.39, 0.29) is 33.6 Å². The highest BCUT2D eigenvalue weighted by molar-refractivity contribution is 6.32. The molecule has 0 aliphatic heterocycles. The van der Waals surface area contributed by atoms with E-state index in [1.54, 1.807) is 6.92 Å². The largest absolute Gasteiger partial charge is 0.514 e. The van der Waals surface area contributed by atoms with E-state index in [1.807, 2.05) is 0 Å². The molecule has 0 fully saturated rings. The van der Waals surface area contributed by atoms with Gasteiger partial charge in [0.15, 0.2) is 5.75 Å². The normalized spacial score (nSPS) is 10.8. The molecule has 6 nitrogen and oxygen atoms in total. The monoisotopic (exact) mass is 396 g/mol. The van der Waals surface area contributed by atoms with Crippen LogP contribution in [0.4, 0.5) is 9.18 Å². The number of carbonyl (C=O) groups excluding carboxylic acids is 1. The summed E-state index contributed by atoms with van der Waals surface area (Å²) in [6.07, 6.45) is 0.201. The van der Waals surface area contributed by atoms with Crippen LogP contribution in [-0.4, -0.2) is 22.3 Å². The average molecular weight is 397 g/mol. The third-order valence-corrected chi connectivity index (χ3v) is 3.92. The van der Waals surface area contributed by atoms with E-state index in [1.165, 1.54) is 35.0 Å². The summed E-state index contributed by atoms with van der Waals surface area (Å²) in [6.45, 7) is 1.69. The van der Waals surface area contributed by atoms with Gasteiger partial charge < -0.3 is 9.47 Å². The molecule has 0 bridgehead atoms. The first-order valence-corrected chi connectivity index (χ1v) is 8.18. The Bertz CT molecular complexity index is 1070. The first-order valence-electron chi connectivity index (χ1n) is 7.42. The first-order chi connectivity index (χ1) is 12.4. The molecule has 2 heterocycles. The minimum Gasteiger partial charge on any atom is -0.434 e. The zero-order valence-corrected chi connectivity index (χ0v) is 14.8. The van der Waals surface area contributed by atoms with Crippen molar-refractivity contribution >= 4 is 40.4 Å². The zero-order valence-electron chi connectivity index (χ0n) is 13.3. The molecule has 26 heavy (non-hydrogen) atoms. The van der Waals surface area contributed by atoms with Gasteiger partial charge in [-0.1, -0.05) is 23.2 Å². The van der Waals surface area contributed by atoms with E-state index < -0.39 is 17.4 Å². The summed E-state index contributed by atoms with van der Waals surface area (Å²) in [6, 6.07) is 6.58. The number of pyridine rings is 2. The van der Waals surface area contributed by atoms with Gasteiger partial charge >= 0.3 is 6.16 Å². The molecule has 0 unspecified atom stereocenters. The van der Waals surface area contributed by atoms with Crippen LogP contribution in [0.3, 0.4) is 0 Å². The molecule has 0 aliphatic carbocycles. The van der Waals surface area contributed by atoms with Crippen molar-refractivity contribution in [3.05, 3.63) is 62.7 Å². The quantitative estimate of drug-likeness (QED) is 0.485. The Kier molecular flexibility index (Phi) is 5.11. The van der Waals surface area contributed by atoms with Gasteiger partial charge in [-0.05, 0) is 37.3 Å². The third-order valence-electron chi connectivity index (χ3n) is 3.41. The fourth-order valence-electron chi connectivity index (χ4n) is 2.33. The molecule has 0 saturated carbocycles. The number of nitrogens with zero attached hydrogens (tertiary/aromatic N) is 2. The Morgan fingerprint density at radius 2 is 2.04 bits per heavy atom. The maximum absolute atomic E-state index is 13.4. The topological polar surface area (TPSA) is 70.4 Å². The molecule has 9 heteroatoms. The van der Waals surface area contributed by atoms with Crippen LogP contribution in [0.25, 0.3) is 16.7 Å². The van der Waals surface area contributed by atoms with E-state index >= 15 is 0 Å². The molecule has 0 spiro atoms. The third kappa shape index (κ3) is 3.49. The molecule has 0 aliphatic rings. The van der Waals surface area contributed by atoms with Gasteiger partial charge in [-0.25, -0.2) is 14.2 Å². The Morgan fingerprint density at radius 1 is 1.27 bits per heavy atom. The molecular formula is C17H11Cl2FN2O4. The smallest absolute Gasteiger partial charge is 0.434 e. The lowest BCUT2D eigenvalue weighted by Crippen LogP contribution is -2.18. The summed E-state index contributed by atoms with van der Waals surface area (Å²) in [5, 5.41) is 0.346. The lowest BCUT2D eigenvalue weighted by molar-refractivity contribution is 0.104. The van der Waals surface area contributed by atoms with Crippen molar-refractivity contribution < 1.29 is 18.7 Å². The molecule has 134 valence electrons. The molecule has 0 radical (unpaired) electrons. The Balaban J connectivity index is 2.29. The summed E-state index contributed by atoms with van der Waals surface area (Å²) in [4.78, 5) is 28.3. The standard InChI is InChI=1S/C17H11Cl2FN2O4/c1-2-25-17(24)26-13-8-22(12-5-3-9(20)7-11(12)18)16-10(15(13)23)4-6-14(19)21-16/h3-8H,2H2,1H3. The predicted molar refractivity (Wildman–Crippen MR) is 95.0 cm³/mol. The number of hydrogen-bond acceptors (Lipinski definition) is 5. The number of carbonyl (C=O) groups is 1. The van der Waals surface area contributed by atoms with Crippen molar-refractivity contribution in [1.82, 2.24) is 9.55 Å². The Morgan fingerprint density at radius 3 is 2.73 bits per heavy atom. The molecular weight excluding hydrogens is 386 g/mol. The van der Waals surface area contributed by atoms with Crippen LogP contribution in [0.2, 0.25) is 10.2 Å². The van der Waals surface area contributed by atoms with Crippen LogP contribution in [0, 0.1) is 5.82 Å². The van der Waals surface area contributed by atoms with E-state index in [0.717, 1.165) is 6.07 Å². The van der Waals surface area contributed by atoms with Gasteiger partial charge in [0.1, 0.15) is 16.6 Å². The van der Waals surface area contributed by atoms with Gasteiger partial charge in [0, 0.05) is 0 Å². The maximum atomic E-state index is 13.4. The van der Waals surface area contributed by atoms with Crippen LogP contribution < -0.4 is 10.2 Å². The number of rotatable bonds is 3. The summed E-state index contributed by atoms with van der Waals surface area (Å²) in [5.74, 6) is -0.821. The summed E-state index contributed by atoms with van der Waals surface area (Å²) < 4.78 is 24.4. The molecule has 0 atom stereocenters. The van der Waals surface area contributed by atoms with Gasteiger partial charge in [0.05, 0.1) is 28.9 Å². The van der Waals surface area contributed by atoms with Crippen LogP contribution >= 0.6 is 23.2 Å². The summed E-state index contributed by atoms with van der Waals surface area (Å²) >= 11 is 12.1. The van der Waals surface area contributed by atoms with E-state index in [4.69, 9.17) is 32.7 Å². The van der Waals surface area contributed by atoms with E-state index in [0.29, 0.717) is 5.69 Å². The van der Waals surface area contributed by atoms with Crippen LogP contribution in [0.5, 0.6) is 5.75 Å². The highest BCUT2D eigenvalue weighted by Gasteiger charge is 2.17. The Hall–Kier alpha value is -2.64. The molecule has 0 saturated heterocycles. The predicted octanol–water partition coefficient (Wildman–Crippen LogP) is 4.37. The van der Waals surface area contributed by atoms with Gasteiger partial charge in [0.2, 0.25) is 5.43 Å². The SMILES string of the molecule is CCOC(=O)Oc1cn(-c2ccc(F)cc2Cl)c2nc(Cl)ccc2c1=O. The molecule has 1 aromatic carbocycles. The molecule has 0 amide bonds.